The highest BCUT2D eigenvalue weighted by Crippen LogP contribution is 2.30. The molecule has 0 bridgehead atoms. The minimum atomic E-state index is -4.42. The second-order valence-corrected chi connectivity index (χ2v) is 5.43. The lowest BCUT2D eigenvalue weighted by Crippen LogP contribution is -2.13. The monoisotopic (exact) mass is 365 g/mol. The molecule has 136 valence electrons. The second kappa shape index (κ2) is 6.62. The second-order valence-electron chi connectivity index (χ2n) is 5.43. The van der Waals surface area contributed by atoms with E-state index in [1.165, 1.54) is 12.1 Å². The molecule has 1 amide bonds. The molecule has 7 nitrogen and oxygen atoms in total. The van der Waals surface area contributed by atoms with E-state index in [9.17, 15) is 18.0 Å². The van der Waals surface area contributed by atoms with E-state index in [4.69, 9.17) is 4.42 Å². The fraction of sp³-hybridized carbons (Fsp3) is 0.250. The first-order valence-electron chi connectivity index (χ1n) is 7.65. The molecule has 1 aromatic carbocycles. The SMILES string of the molecule is CCn1nc(C(=O)Nc2nnc(-c3ccc(C(F)(F)F)cc3)o2)cc1C. The van der Waals surface area contributed by atoms with E-state index in [1.54, 1.807) is 10.7 Å². The van der Waals surface area contributed by atoms with Crippen molar-refractivity contribution in [3.63, 3.8) is 0 Å². The first-order valence-corrected chi connectivity index (χ1v) is 7.65. The third-order valence-corrected chi connectivity index (χ3v) is 3.62. The zero-order chi connectivity index (χ0) is 18.9. The fourth-order valence-electron chi connectivity index (χ4n) is 2.29. The molecule has 0 spiro atoms. The molecule has 26 heavy (non-hydrogen) atoms. The van der Waals surface area contributed by atoms with Crippen LogP contribution in [0.4, 0.5) is 19.2 Å². The average Bonchev–Trinajstić information content (AvgIpc) is 3.20. The van der Waals surface area contributed by atoms with Crippen molar-refractivity contribution in [2.75, 3.05) is 5.32 Å². The Morgan fingerprint density at radius 3 is 2.50 bits per heavy atom. The van der Waals surface area contributed by atoms with E-state index in [0.29, 0.717) is 12.1 Å². The smallest absolute Gasteiger partial charge is 0.403 e. The number of aryl methyl sites for hydroxylation is 2. The van der Waals surface area contributed by atoms with Crippen molar-refractivity contribution in [1.29, 1.82) is 0 Å². The molecule has 3 rings (SSSR count). The number of alkyl halides is 3. The number of hydrogen-bond acceptors (Lipinski definition) is 5. The standard InChI is InChI=1S/C16H14F3N5O2/c1-3-24-9(2)8-12(23-24)13(25)20-15-22-21-14(26-15)10-4-6-11(7-5-10)16(17,18)19/h4-8H,3H2,1-2H3,(H,20,22,25). The van der Waals surface area contributed by atoms with E-state index in [0.717, 1.165) is 17.8 Å². The summed E-state index contributed by atoms with van der Waals surface area (Å²) < 4.78 is 44.7. The molecule has 3 aromatic rings. The zero-order valence-corrected chi connectivity index (χ0v) is 13.8. The van der Waals surface area contributed by atoms with Crippen LogP contribution in [0.15, 0.2) is 34.7 Å². The molecular formula is C16H14F3N5O2. The molecule has 0 radical (unpaired) electrons. The summed E-state index contributed by atoms with van der Waals surface area (Å²) >= 11 is 0. The Labute approximate surface area is 145 Å². The van der Waals surface area contributed by atoms with Gasteiger partial charge >= 0.3 is 12.2 Å². The Kier molecular flexibility index (Phi) is 4.49. The number of carbonyl (C=O) groups excluding carboxylic acids is 1. The van der Waals surface area contributed by atoms with Gasteiger partial charge < -0.3 is 4.42 Å². The van der Waals surface area contributed by atoms with Gasteiger partial charge in [-0.3, -0.25) is 14.8 Å². The maximum Gasteiger partial charge on any atom is 0.416 e. The van der Waals surface area contributed by atoms with Gasteiger partial charge in [-0.1, -0.05) is 5.10 Å². The van der Waals surface area contributed by atoms with Crippen LogP contribution in [0.25, 0.3) is 11.5 Å². The highest BCUT2D eigenvalue weighted by molar-refractivity contribution is 6.01. The Balaban J connectivity index is 1.74. The van der Waals surface area contributed by atoms with Crippen LogP contribution in [-0.2, 0) is 12.7 Å². The van der Waals surface area contributed by atoms with E-state index in [-0.39, 0.29) is 17.6 Å². The summed E-state index contributed by atoms with van der Waals surface area (Å²) in [6, 6.07) is 5.71. The van der Waals surface area contributed by atoms with Crippen LogP contribution in [0.2, 0.25) is 0 Å². The van der Waals surface area contributed by atoms with Crippen molar-refractivity contribution in [2.24, 2.45) is 0 Å². The van der Waals surface area contributed by atoms with Crippen molar-refractivity contribution in [2.45, 2.75) is 26.6 Å². The number of anilines is 1. The maximum atomic E-state index is 12.6. The van der Waals surface area contributed by atoms with Crippen LogP contribution in [-0.4, -0.2) is 25.9 Å². The van der Waals surface area contributed by atoms with Crippen LogP contribution < -0.4 is 5.32 Å². The van der Waals surface area contributed by atoms with Crippen molar-refractivity contribution in [3.05, 3.63) is 47.3 Å². The van der Waals surface area contributed by atoms with Crippen molar-refractivity contribution < 1.29 is 22.4 Å². The van der Waals surface area contributed by atoms with E-state index in [2.05, 4.69) is 20.6 Å². The van der Waals surface area contributed by atoms with Gasteiger partial charge in [0, 0.05) is 17.8 Å². The number of aromatic nitrogens is 4. The van der Waals surface area contributed by atoms with Gasteiger partial charge in [0.25, 0.3) is 5.91 Å². The van der Waals surface area contributed by atoms with E-state index < -0.39 is 17.6 Å². The third kappa shape index (κ3) is 3.58. The maximum absolute atomic E-state index is 12.6. The van der Waals surface area contributed by atoms with Crippen LogP contribution >= 0.6 is 0 Å². The topological polar surface area (TPSA) is 85.8 Å². The lowest BCUT2D eigenvalue weighted by Gasteiger charge is -2.05. The number of benzene rings is 1. The lowest BCUT2D eigenvalue weighted by molar-refractivity contribution is -0.137. The minimum absolute atomic E-state index is 0.00991. The number of nitrogens with zero attached hydrogens (tertiary/aromatic N) is 4. The molecule has 0 saturated carbocycles. The van der Waals surface area contributed by atoms with Crippen LogP contribution in [0.1, 0.15) is 28.7 Å². The van der Waals surface area contributed by atoms with Crippen molar-refractivity contribution >= 4 is 11.9 Å². The normalized spacial score (nSPS) is 11.6. The Bertz CT molecular complexity index is 928. The predicted molar refractivity (Wildman–Crippen MR) is 85.3 cm³/mol. The minimum Gasteiger partial charge on any atom is -0.403 e. The Morgan fingerprint density at radius 2 is 1.92 bits per heavy atom. The van der Waals surface area contributed by atoms with Gasteiger partial charge in [0.05, 0.1) is 5.56 Å². The molecule has 0 aliphatic heterocycles. The number of amides is 1. The Morgan fingerprint density at radius 1 is 1.23 bits per heavy atom. The van der Waals surface area contributed by atoms with Crippen LogP contribution in [0, 0.1) is 6.92 Å². The summed E-state index contributed by atoms with van der Waals surface area (Å²) in [6.45, 7) is 4.34. The van der Waals surface area contributed by atoms with Gasteiger partial charge in [-0.25, -0.2) is 0 Å². The average molecular weight is 365 g/mol. The molecule has 0 unspecified atom stereocenters. The summed E-state index contributed by atoms with van der Waals surface area (Å²) in [7, 11) is 0. The van der Waals surface area contributed by atoms with Gasteiger partial charge in [-0.15, -0.1) is 5.10 Å². The largest absolute Gasteiger partial charge is 0.416 e. The molecule has 0 saturated heterocycles. The molecule has 0 aliphatic carbocycles. The fourth-order valence-corrected chi connectivity index (χ4v) is 2.29. The number of hydrogen-bond donors (Lipinski definition) is 1. The first-order chi connectivity index (χ1) is 12.3. The quantitative estimate of drug-likeness (QED) is 0.764. The summed E-state index contributed by atoms with van der Waals surface area (Å²) in [6.07, 6.45) is -4.42. The van der Waals surface area contributed by atoms with E-state index >= 15 is 0 Å². The zero-order valence-electron chi connectivity index (χ0n) is 13.8. The first kappa shape index (κ1) is 17.6. The predicted octanol–water partition coefficient (Wildman–Crippen LogP) is 3.53. The number of nitrogens with one attached hydrogen (secondary N) is 1. The van der Waals surface area contributed by atoms with Gasteiger partial charge in [-0.05, 0) is 44.2 Å². The molecule has 1 N–H and O–H groups in total. The highest BCUT2D eigenvalue weighted by atomic mass is 19.4. The van der Waals surface area contributed by atoms with Crippen molar-refractivity contribution in [3.8, 4) is 11.5 Å². The molecular weight excluding hydrogens is 351 g/mol. The highest BCUT2D eigenvalue weighted by Gasteiger charge is 2.30. The summed E-state index contributed by atoms with van der Waals surface area (Å²) in [5, 5.41) is 13.9. The molecule has 2 aromatic heterocycles. The van der Waals surface area contributed by atoms with Crippen LogP contribution in [0.5, 0.6) is 0 Å². The van der Waals surface area contributed by atoms with Crippen LogP contribution in [0.3, 0.4) is 0 Å². The molecule has 0 atom stereocenters. The number of halogens is 3. The molecule has 2 heterocycles. The summed E-state index contributed by atoms with van der Waals surface area (Å²) in [4.78, 5) is 12.2. The molecule has 0 aliphatic rings. The Hall–Kier alpha value is -3.17. The van der Waals surface area contributed by atoms with Crippen molar-refractivity contribution in [1.82, 2.24) is 20.0 Å². The van der Waals surface area contributed by atoms with Gasteiger partial charge in [0.1, 0.15) is 0 Å². The lowest BCUT2D eigenvalue weighted by atomic mass is 10.1. The third-order valence-electron chi connectivity index (χ3n) is 3.62. The van der Waals surface area contributed by atoms with E-state index in [1.807, 2.05) is 13.8 Å². The summed E-state index contributed by atoms with van der Waals surface area (Å²) in [5.74, 6) is -0.535. The van der Waals surface area contributed by atoms with Gasteiger partial charge in [0.2, 0.25) is 5.89 Å². The van der Waals surface area contributed by atoms with Gasteiger partial charge in [-0.2, -0.15) is 18.3 Å². The van der Waals surface area contributed by atoms with Gasteiger partial charge in [0.15, 0.2) is 5.69 Å². The number of rotatable bonds is 4. The molecule has 10 heteroatoms. The molecule has 0 fully saturated rings. The number of carbonyl (C=O) groups is 1. The summed E-state index contributed by atoms with van der Waals surface area (Å²) in [5.41, 5.74) is 0.542.